The molecule has 1 amide bonds. The van der Waals surface area contributed by atoms with E-state index in [4.69, 9.17) is 11.6 Å². The molecule has 10 heteroatoms. The van der Waals surface area contributed by atoms with Crippen LogP contribution in [0.1, 0.15) is 21.7 Å². The number of carbonyl (C=O) groups excluding carboxylic acids is 1. The van der Waals surface area contributed by atoms with Crippen molar-refractivity contribution in [3.8, 4) is 0 Å². The van der Waals surface area contributed by atoms with E-state index in [0.29, 0.717) is 17.3 Å². The lowest BCUT2D eigenvalue weighted by Gasteiger charge is -2.04. The maximum absolute atomic E-state index is 12.5. The topological polar surface area (TPSA) is 108 Å². The second-order valence-corrected chi connectivity index (χ2v) is 6.04. The van der Waals surface area contributed by atoms with Crippen molar-refractivity contribution in [2.24, 2.45) is 7.05 Å². The highest BCUT2D eigenvalue weighted by molar-refractivity contribution is 6.31. The van der Waals surface area contributed by atoms with E-state index >= 15 is 0 Å². The number of nitrogens with zero attached hydrogens (tertiary/aromatic N) is 5. The minimum Gasteiger partial charge on any atom is -0.318 e. The van der Waals surface area contributed by atoms with Gasteiger partial charge in [-0.3, -0.25) is 24.3 Å². The van der Waals surface area contributed by atoms with Crippen molar-refractivity contribution in [1.82, 2.24) is 19.6 Å². The Morgan fingerprint density at radius 2 is 2.12 bits per heavy atom. The van der Waals surface area contributed by atoms with Gasteiger partial charge in [0.1, 0.15) is 5.69 Å². The van der Waals surface area contributed by atoms with Crippen molar-refractivity contribution in [2.75, 3.05) is 5.32 Å². The summed E-state index contributed by atoms with van der Waals surface area (Å²) < 4.78 is 2.80. The van der Waals surface area contributed by atoms with E-state index in [2.05, 4.69) is 15.5 Å². The molecule has 0 aliphatic heterocycles. The van der Waals surface area contributed by atoms with Gasteiger partial charge in [-0.15, -0.1) is 0 Å². The molecule has 134 valence electrons. The van der Waals surface area contributed by atoms with Gasteiger partial charge < -0.3 is 5.32 Å². The van der Waals surface area contributed by atoms with Crippen LogP contribution in [-0.4, -0.2) is 30.4 Å². The first-order valence-corrected chi connectivity index (χ1v) is 8.00. The van der Waals surface area contributed by atoms with E-state index in [0.717, 1.165) is 5.56 Å². The monoisotopic (exact) mass is 374 g/mol. The SMILES string of the molecule is Cc1nn(C)c(C(=O)Nc2cnn(Cc3ccccc3Cl)c2)c1[N+](=O)[O-]. The fourth-order valence-electron chi connectivity index (χ4n) is 2.63. The van der Waals surface area contributed by atoms with Gasteiger partial charge in [0.2, 0.25) is 5.69 Å². The van der Waals surface area contributed by atoms with Crippen LogP contribution in [-0.2, 0) is 13.6 Å². The van der Waals surface area contributed by atoms with Gasteiger partial charge in [0.25, 0.3) is 5.91 Å². The van der Waals surface area contributed by atoms with Crippen LogP contribution in [0.3, 0.4) is 0 Å². The number of rotatable bonds is 5. The molecular formula is C16H15ClN6O3. The zero-order valence-corrected chi connectivity index (χ0v) is 14.8. The van der Waals surface area contributed by atoms with E-state index in [1.807, 2.05) is 18.2 Å². The number of nitrogens with one attached hydrogen (secondary N) is 1. The molecule has 9 nitrogen and oxygen atoms in total. The highest BCUT2D eigenvalue weighted by Gasteiger charge is 2.29. The number of anilines is 1. The third kappa shape index (κ3) is 3.42. The Kier molecular flexibility index (Phi) is 4.72. The molecule has 0 fully saturated rings. The molecule has 0 bridgehead atoms. The second-order valence-electron chi connectivity index (χ2n) is 5.64. The van der Waals surface area contributed by atoms with Gasteiger partial charge in [0, 0.05) is 18.3 Å². The average molecular weight is 375 g/mol. The molecule has 26 heavy (non-hydrogen) atoms. The van der Waals surface area contributed by atoms with Gasteiger partial charge >= 0.3 is 5.69 Å². The molecule has 2 aromatic heterocycles. The standard InChI is InChI=1S/C16H15ClN6O3/c1-10-14(23(25)26)15(21(2)20-10)16(24)19-12-7-18-22(9-12)8-11-5-3-4-6-13(11)17/h3-7,9H,8H2,1-2H3,(H,19,24). The van der Waals surface area contributed by atoms with Gasteiger partial charge in [-0.05, 0) is 18.6 Å². The third-order valence-electron chi connectivity index (χ3n) is 3.77. The molecule has 0 atom stereocenters. The van der Waals surface area contributed by atoms with Gasteiger partial charge in [-0.2, -0.15) is 10.2 Å². The summed E-state index contributed by atoms with van der Waals surface area (Å²) in [6.07, 6.45) is 3.08. The zero-order valence-electron chi connectivity index (χ0n) is 14.0. The fourth-order valence-corrected chi connectivity index (χ4v) is 2.82. The number of nitro groups is 1. The van der Waals surface area contributed by atoms with Crippen LogP contribution in [0.15, 0.2) is 36.7 Å². The molecule has 0 saturated carbocycles. The normalized spacial score (nSPS) is 10.7. The Labute approximate surface area is 153 Å². The number of amides is 1. The van der Waals surface area contributed by atoms with Crippen LogP contribution in [0.25, 0.3) is 0 Å². The molecule has 0 aliphatic rings. The van der Waals surface area contributed by atoms with Crippen LogP contribution in [0.4, 0.5) is 11.4 Å². The summed E-state index contributed by atoms with van der Waals surface area (Å²) in [5.74, 6) is -0.628. The first kappa shape index (κ1) is 17.6. The highest BCUT2D eigenvalue weighted by atomic mass is 35.5. The summed E-state index contributed by atoms with van der Waals surface area (Å²) >= 11 is 6.13. The van der Waals surface area contributed by atoms with Crippen LogP contribution < -0.4 is 5.32 Å². The van der Waals surface area contributed by atoms with E-state index in [9.17, 15) is 14.9 Å². The van der Waals surface area contributed by atoms with Crippen LogP contribution in [0, 0.1) is 17.0 Å². The predicted octanol–water partition coefficient (Wildman–Crippen LogP) is 2.79. The summed E-state index contributed by atoms with van der Waals surface area (Å²) in [6, 6.07) is 7.37. The minimum atomic E-state index is -0.628. The smallest absolute Gasteiger partial charge is 0.318 e. The molecule has 3 rings (SSSR count). The van der Waals surface area contributed by atoms with Crippen molar-refractivity contribution >= 4 is 28.9 Å². The molecule has 1 aromatic carbocycles. The highest BCUT2D eigenvalue weighted by Crippen LogP contribution is 2.23. The van der Waals surface area contributed by atoms with E-state index in [1.54, 1.807) is 16.9 Å². The number of carbonyl (C=O) groups is 1. The summed E-state index contributed by atoms with van der Waals surface area (Å²) in [6.45, 7) is 1.91. The molecular weight excluding hydrogens is 360 g/mol. The van der Waals surface area contributed by atoms with E-state index in [1.165, 1.54) is 24.9 Å². The van der Waals surface area contributed by atoms with Crippen molar-refractivity contribution in [2.45, 2.75) is 13.5 Å². The van der Waals surface area contributed by atoms with Gasteiger partial charge in [-0.25, -0.2) is 0 Å². The molecule has 0 aliphatic carbocycles. The summed E-state index contributed by atoms with van der Waals surface area (Å²) in [4.78, 5) is 23.0. The Morgan fingerprint density at radius 1 is 1.38 bits per heavy atom. The summed E-state index contributed by atoms with van der Waals surface area (Å²) in [7, 11) is 1.48. The molecule has 0 radical (unpaired) electrons. The maximum atomic E-state index is 12.5. The molecule has 3 aromatic rings. The first-order valence-electron chi connectivity index (χ1n) is 7.62. The molecule has 0 spiro atoms. The van der Waals surface area contributed by atoms with Crippen LogP contribution >= 0.6 is 11.6 Å². The average Bonchev–Trinajstić information content (AvgIpc) is 3.13. The first-order chi connectivity index (χ1) is 12.4. The van der Waals surface area contributed by atoms with Crippen LogP contribution in [0.5, 0.6) is 0 Å². The zero-order chi connectivity index (χ0) is 18.8. The Morgan fingerprint density at radius 3 is 2.81 bits per heavy atom. The number of hydrogen-bond acceptors (Lipinski definition) is 5. The van der Waals surface area contributed by atoms with E-state index < -0.39 is 10.8 Å². The van der Waals surface area contributed by atoms with Crippen molar-refractivity contribution in [3.63, 3.8) is 0 Å². The Hall–Kier alpha value is -3.20. The molecule has 0 unspecified atom stereocenters. The lowest BCUT2D eigenvalue weighted by atomic mass is 10.2. The van der Waals surface area contributed by atoms with Gasteiger partial charge in [0.15, 0.2) is 0 Å². The number of aromatic nitrogens is 4. The second kappa shape index (κ2) is 6.96. The summed E-state index contributed by atoms with van der Waals surface area (Å²) in [5.41, 5.74) is 1.04. The van der Waals surface area contributed by atoms with Crippen molar-refractivity contribution in [3.05, 3.63) is 68.7 Å². The number of hydrogen-bond donors (Lipinski definition) is 1. The molecule has 2 heterocycles. The minimum absolute atomic E-state index is 0.119. The predicted molar refractivity (Wildman–Crippen MR) is 95.3 cm³/mol. The van der Waals surface area contributed by atoms with E-state index in [-0.39, 0.29) is 17.1 Å². The van der Waals surface area contributed by atoms with Crippen LogP contribution in [0.2, 0.25) is 5.02 Å². The quantitative estimate of drug-likeness (QED) is 0.545. The maximum Gasteiger partial charge on any atom is 0.322 e. The van der Waals surface area contributed by atoms with Gasteiger partial charge in [-0.1, -0.05) is 29.8 Å². The number of benzene rings is 1. The van der Waals surface area contributed by atoms with Crippen molar-refractivity contribution < 1.29 is 9.72 Å². The van der Waals surface area contributed by atoms with Gasteiger partial charge in [0.05, 0.1) is 23.4 Å². The number of halogens is 1. The Bertz CT molecular complexity index is 994. The molecule has 0 saturated heterocycles. The van der Waals surface area contributed by atoms with Crippen molar-refractivity contribution in [1.29, 1.82) is 0 Å². The largest absolute Gasteiger partial charge is 0.322 e. The fraction of sp³-hybridized carbons (Fsp3) is 0.188. The lowest BCUT2D eigenvalue weighted by Crippen LogP contribution is -2.17. The summed E-state index contributed by atoms with van der Waals surface area (Å²) in [5, 5.41) is 22.5. The third-order valence-corrected chi connectivity index (χ3v) is 4.14. The lowest BCUT2D eigenvalue weighted by molar-refractivity contribution is -0.385. The molecule has 1 N–H and O–H groups in total. The Balaban J connectivity index is 1.79. The number of aryl methyl sites for hydroxylation is 2.